The Balaban J connectivity index is 2.20. The van der Waals surface area contributed by atoms with Gasteiger partial charge in [-0.2, -0.15) is 0 Å². The Morgan fingerprint density at radius 1 is 1.50 bits per heavy atom. The number of pyridine rings is 1. The Morgan fingerprint density at radius 3 is 2.75 bits per heavy atom. The maximum Gasteiger partial charge on any atom is 0.128 e. The molecule has 1 aromatic rings. The molecule has 2 heterocycles. The molecule has 2 N–H and O–H groups in total. The second-order valence-corrected chi connectivity index (χ2v) is 4.74. The quantitative estimate of drug-likeness (QED) is 0.778. The lowest BCUT2D eigenvalue weighted by Gasteiger charge is -2.20. The Labute approximate surface area is 95.5 Å². The van der Waals surface area contributed by atoms with Gasteiger partial charge in [0.2, 0.25) is 0 Å². The van der Waals surface area contributed by atoms with Crippen molar-refractivity contribution in [1.29, 1.82) is 0 Å². The summed E-state index contributed by atoms with van der Waals surface area (Å²) in [7, 11) is 0. The SMILES string of the molecule is Cc1nc(N2CCC(C)(O)C2)ccc1CO. The molecule has 2 rings (SSSR count). The number of aliphatic hydroxyl groups excluding tert-OH is 1. The molecule has 1 aliphatic heterocycles. The van der Waals surface area contributed by atoms with Gasteiger partial charge in [0.05, 0.1) is 12.2 Å². The van der Waals surface area contributed by atoms with E-state index < -0.39 is 5.60 Å². The molecule has 0 bridgehead atoms. The van der Waals surface area contributed by atoms with E-state index in [0.717, 1.165) is 30.0 Å². The highest BCUT2D eigenvalue weighted by Gasteiger charge is 2.31. The standard InChI is InChI=1S/C12H18N2O2/c1-9-10(7-15)3-4-11(13-9)14-6-5-12(2,16)8-14/h3-4,15-16H,5-8H2,1-2H3. The van der Waals surface area contributed by atoms with Crippen molar-refractivity contribution in [2.45, 2.75) is 32.5 Å². The van der Waals surface area contributed by atoms with Crippen LogP contribution in [0.3, 0.4) is 0 Å². The fourth-order valence-corrected chi connectivity index (χ4v) is 2.06. The summed E-state index contributed by atoms with van der Waals surface area (Å²) in [5.74, 6) is 0.882. The van der Waals surface area contributed by atoms with E-state index in [1.54, 1.807) is 0 Å². The van der Waals surface area contributed by atoms with Crippen LogP contribution in [0.15, 0.2) is 12.1 Å². The maximum atomic E-state index is 9.89. The third kappa shape index (κ3) is 2.18. The van der Waals surface area contributed by atoms with E-state index in [-0.39, 0.29) is 6.61 Å². The maximum absolute atomic E-state index is 9.89. The first-order chi connectivity index (χ1) is 7.52. The molecule has 0 aromatic carbocycles. The van der Waals surface area contributed by atoms with Crippen LogP contribution in [-0.2, 0) is 6.61 Å². The van der Waals surface area contributed by atoms with Gasteiger partial charge in [-0.1, -0.05) is 6.07 Å². The second-order valence-electron chi connectivity index (χ2n) is 4.74. The third-order valence-electron chi connectivity index (χ3n) is 3.13. The zero-order chi connectivity index (χ0) is 11.8. The monoisotopic (exact) mass is 222 g/mol. The van der Waals surface area contributed by atoms with Crippen molar-refractivity contribution in [3.8, 4) is 0 Å². The van der Waals surface area contributed by atoms with Gasteiger partial charge in [-0.25, -0.2) is 4.98 Å². The van der Waals surface area contributed by atoms with Crippen molar-refractivity contribution < 1.29 is 10.2 Å². The van der Waals surface area contributed by atoms with Gasteiger partial charge in [0.25, 0.3) is 0 Å². The minimum absolute atomic E-state index is 0.0246. The van der Waals surface area contributed by atoms with Gasteiger partial charge in [-0.3, -0.25) is 0 Å². The van der Waals surface area contributed by atoms with E-state index in [0.29, 0.717) is 6.54 Å². The highest BCUT2D eigenvalue weighted by atomic mass is 16.3. The van der Waals surface area contributed by atoms with Crippen molar-refractivity contribution >= 4 is 5.82 Å². The number of hydrogen-bond donors (Lipinski definition) is 2. The summed E-state index contributed by atoms with van der Waals surface area (Å²) in [5, 5.41) is 19.0. The van der Waals surface area contributed by atoms with Crippen molar-refractivity contribution in [3.05, 3.63) is 23.4 Å². The summed E-state index contributed by atoms with van der Waals surface area (Å²) in [6.45, 7) is 5.22. The lowest BCUT2D eigenvalue weighted by Crippen LogP contribution is -2.30. The van der Waals surface area contributed by atoms with Gasteiger partial charge < -0.3 is 15.1 Å². The van der Waals surface area contributed by atoms with Crippen LogP contribution in [0.25, 0.3) is 0 Å². The molecule has 0 amide bonds. The number of aryl methyl sites for hydroxylation is 1. The van der Waals surface area contributed by atoms with Crippen LogP contribution in [0.5, 0.6) is 0 Å². The zero-order valence-electron chi connectivity index (χ0n) is 9.77. The highest BCUT2D eigenvalue weighted by molar-refractivity contribution is 5.43. The number of aliphatic hydroxyl groups is 2. The summed E-state index contributed by atoms with van der Waals surface area (Å²) in [6, 6.07) is 3.80. The average molecular weight is 222 g/mol. The van der Waals surface area contributed by atoms with Crippen molar-refractivity contribution in [3.63, 3.8) is 0 Å². The van der Waals surface area contributed by atoms with Crippen molar-refractivity contribution in [2.24, 2.45) is 0 Å². The number of aromatic nitrogens is 1. The summed E-state index contributed by atoms with van der Waals surface area (Å²) >= 11 is 0. The Hall–Kier alpha value is -1.13. The molecular weight excluding hydrogens is 204 g/mol. The number of hydrogen-bond acceptors (Lipinski definition) is 4. The molecule has 4 nitrogen and oxygen atoms in total. The van der Waals surface area contributed by atoms with Crippen LogP contribution in [0.4, 0.5) is 5.82 Å². The van der Waals surface area contributed by atoms with Crippen LogP contribution in [0.1, 0.15) is 24.6 Å². The van der Waals surface area contributed by atoms with E-state index in [1.807, 2.05) is 26.0 Å². The molecule has 1 unspecified atom stereocenters. The number of nitrogens with zero attached hydrogens (tertiary/aromatic N) is 2. The Bertz CT molecular complexity index is 391. The fourth-order valence-electron chi connectivity index (χ4n) is 2.06. The summed E-state index contributed by atoms with van der Waals surface area (Å²) in [5.41, 5.74) is 1.10. The predicted molar refractivity (Wildman–Crippen MR) is 62.4 cm³/mol. The smallest absolute Gasteiger partial charge is 0.128 e. The van der Waals surface area contributed by atoms with Gasteiger partial charge in [0.1, 0.15) is 5.82 Å². The number of rotatable bonds is 2. The first-order valence-corrected chi connectivity index (χ1v) is 5.56. The number of anilines is 1. The lowest BCUT2D eigenvalue weighted by molar-refractivity contribution is 0.0839. The molecule has 1 aromatic heterocycles. The Kier molecular flexibility index (Phi) is 2.86. The van der Waals surface area contributed by atoms with E-state index in [9.17, 15) is 5.11 Å². The minimum Gasteiger partial charge on any atom is -0.392 e. The van der Waals surface area contributed by atoms with Crippen molar-refractivity contribution in [1.82, 2.24) is 4.98 Å². The fraction of sp³-hybridized carbons (Fsp3) is 0.583. The van der Waals surface area contributed by atoms with Gasteiger partial charge in [0.15, 0.2) is 0 Å². The third-order valence-corrected chi connectivity index (χ3v) is 3.13. The second kappa shape index (κ2) is 4.03. The van der Waals surface area contributed by atoms with Crippen LogP contribution in [0.2, 0.25) is 0 Å². The minimum atomic E-state index is -0.606. The van der Waals surface area contributed by atoms with Crippen LogP contribution >= 0.6 is 0 Å². The van der Waals surface area contributed by atoms with Gasteiger partial charge in [-0.15, -0.1) is 0 Å². The molecule has 1 atom stereocenters. The predicted octanol–water partition coefficient (Wildman–Crippen LogP) is 0.843. The van der Waals surface area contributed by atoms with Crippen LogP contribution in [-0.4, -0.2) is 33.9 Å². The molecule has 0 saturated carbocycles. The van der Waals surface area contributed by atoms with Gasteiger partial charge in [0, 0.05) is 18.8 Å². The van der Waals surface area contributed by atoms with Crippen molar-refractivity contribution in [2.75, 3.05) is 18.0 Å². The summed E-state index contributed by atoms with van der Waals surface area (Å²) < 4.78 is 0. The summed E-state index contributed by atoms with van der Waals surface area (Å²) in [4.78, 5) is 6.52. The molecular formula is C12H18N2O2. The summed E-state index contributed by atoms with van der Waals surface area (Å²) in [6.07, 6.45) is 0.773. The van der Waals surface area contributed by atoms with Crippen LogP contribution < -0.4 is 4.90 Å². The molecule has 0 aliphatic carbocycles. The number of β-amino-alcohol motifs (C(OH)–C–C–N with tert-alkyl or cyclic N) is 1. The molecule has 16 heavy (non-hydrogen) atoms. The first-order valence-electron chi connectivity index (χ1n) is 5.56. The highest BCUT2D eigenvalue weighted by Crippen LogP contribution is 2.25. The van der Waals surface area contributed by atoms with E-state index >= 15 is 0 Å². The molecule has 0 radical (unpaired) electrons. The van der Waals surface area contributed by atoms with Crippen LogP contribution in [0, 0.1) is 6.92 Å². The van der Waals surface area contributed by atoms with Gasteiger partial charge in [-0.05, 0) is 31.9 Å². The average Bonchev–Trinajstić information content (AvgIpc) is 2.59. The molecule has 88 valence electrons. The van der Waals surface area contributed by atoms with E-state index in [4.69, 9.17) is 5.11 Å². The van der Waals surface area contributed by atoms with Gasteiger partial charge >= 0.3 is 0 Å². The zero-order valence-corrected chi connectivity index (χ0v) is 9.77. The van der Waals surface area contributed by atoms with E-state index in [1.165, 1.54) is 0 Å². The first kappa shape index (κ1) is 11.4. The largest absolute Gasteiger partial charge is 0.392 e. The molecule has 1 fully saturated rings. The lowest BCUT2D eigenvalue weighted by atomic mass is 10.1. The molecule has 1 saturated heterocycles. The molecule has 0 spiro atoms. The Morgan fingerprint density at radius 2 is 2.25 bits per heavy atom. The normalized spacial score (nSPS) is 25.1. The molecule has 1 aliphatic rings. The molecule has 4 heteroatoms. The topological polar surface area (TPSA) is 56.6 Å². The van der Waals surface area contributed by atoms with E-state index in [2.05, 4.69) is 9.88 Å².